The van der Waals surface area contributed by atoms with Gasteiger partial charge < -0.3 is 9.88 Å². The quantitative estimate of drug-likeness (QED) is 0.745. The Morgan fingerprint density at radius 1 is 0.931 bits per heavy atom. The number of hydrogen-bond acceptors (Lipinski definition) is 2. The van der Waals surface area contributed by atoms with E-state index in [0.717, 1.165) is 38.5 Å². The highest BCUT2D eigenvalue weighted by Crippen LogP contribution is 2.33. The minimum atomic E-state index is -0.225. The van der Waals surface area contributed by atoms with E-state index in [1.807, 2.05) is 52.1 Å². The van der Waals surface area contributed by atoms with E-state index < -0.39 is 0 Å². The average molecular weight is 397 g/mol. The zero-order valence-electron chi connectivity index (χ0n) is 18.4. The molecule has 2 aromatic rings. The molecule has 0 bridgehead atoms. The van der Waals surface area contributed by atoms with Crippen molar-refractivity contribution in [2.45, 2.75) is 84.7 Å². The van der Waals surface area contributed by atoms with E-state index in [-0.39, 0.29) is 29.1 Å². The predicted octanol–water partition coefficient (Wildman–Crippen LogP) is 5.50. The fourth-order valence-corrected chi connectivity index (χ4v) is 4.26. The Hall–Kier alpha value is -2.36. The number of nitrogens with zero attached hydrogens (tertiary/aromatic N) is 1. The van der Waals surface area contributed by atoms with Gasteiger partial charge in [0, 0.05) is 12.2 Å². The third-order valence-electron chi connectivity index (χ3n) is 5.60. The zero-order chi connectivity index (χ0) is 21.2. The largest absolute Gasteiger partial charge is 0.349 e. The molecule has 1 N–H and O–H groups in total. The van der Waals surface area contributed by atoms with Gasteiger partial charge in [-0.15, -0.1) is 0 Å². The number of benzene rings is 1. The molecule has 4 rings (SSSR count). The highest BCUT2D eigenvalue weighted by atomic mass is 16.2. The zero-order valence-corrected chi connectivity index (χ0v) is 18.4. The molecule has 1 saturated carbocycles. The predicted molar refractivity (Wildman–Crippen MR) is 121 cm³/mol. The first-order chi connectivity index (χ1) is 14.2. The Morgan fingerprint density at radius 2 is 1.62 bits per heavy atom. The average Bonchev–Trinajstić information content (AvgIpc) is 3.21. The lowest BCUT2D eigenvalue weighted by atomic mass is 9.95. The second-order valence-electron chi connectivity index (χ2n) is 7.20. The van der Waals surface area contributed by atoms with Crippen molar-refractivity contribution in [1.29, 1.82) is 0 Å². The summed E-state index contributed by atoms with van der Waals surface area (Å²) >= 11 is 0. The number of carbonyl (C=O) groups is 1. The number of fused-ring (bicyclic) bond motifs is 1. The Bertz CT molecular complexity index is 835. The van der Waals surface area contributed by atoms with Gasteiger partial charge in [0.1, 0.15) is 5.56 Å². The van der Waals surface area contributed by atoms with Gasteiger partial charge >= 0.3 is 0 Å². The summed E-state index contributed by atoms with van der Waals surface area (Å²) in [6.45, 7) is 8.00. The van der Waals surface area contributed by atoms with Crippen LogP contribution in [0.2, 0.25) is 0 Å². The van der Waals surface area contributed by atoms with Crippen molar-refractivity contribution in [3.05, 3.63) is 69.6 Å². The van der Waals surface area contributed by atoms with Crippen molar-refractivity contribution in [3.8, 4) is 0 Å². The van der Waals surface area contributed by atoms with Gasteiger partial charge in [-0.2, -0.15) is 0 Å². The van der Waals surface area contributed by atoms with Crippen LogP contribution in [0.25, 0.3) is 0 Å². The third kappa shape index (κ3) is 5.37. The maximum absolute atomic E-state index is 13.0. The Morgan fingerprint density at radius 3 is 2.34 bits per heavy atom. The summed E-state index contributed by atoms with van der Waals surface area (Å²) in [7, 11) is 0. The van der Waals surface area contributed by atoms with Gasteiger partial charge in [-0.05, 0) is 48.9 Å². The molecule has 29 heavy (non-hydrogen) atoms. The summed E-state index contributed by atoms with van der Waals surface area (Å²) in [6.07, 6.45) is 9.29. The summed E-state index contributed by atoms with van der Waals surface area (Å²) in [6, 6.07) is 12.0. The van der Waals surface area contributed by atoms with Crippen LogP contribution in [-0.4, -0.2) is 16.5 Å². The molecular formula is C25H36N2O2. The molecule has 1 aromatic carbocycles. The number of hydrogen-bond donors (Lipinski definition) is 1. The molecule has 4 heteroatoms. The van der Waals surface area contributed by atoms with Crippen LogP contribution in [0.4, 0.5) is 0 Å². The number of amides is 1. The molecule has 1 heterocycles. The fourth-order valence-electron chi connectivity index (χ4n) is 4.26. The maximum Gasteiger partial charge on any atom is 0.263 e. The van der Waals surface area contributed by atoms with Crippen LogP contribution < -0.4 is 10.9 Å². The number of aryl methyl sites for hydroxylation is 1. The number of carbonyl (C=O) groups excluding carboxylic acids is 1. The van der Waals surface area contributed by atoms with Crippen molar-refractivity contribution in [1.82, 2.24) is 9.88 Å². The second kappa shape index (κ2) is 11.6. The molecule has 0 aliphatic heterocycles. The SMILES string of the molecule is CC.CC.O=C(NC1CCCCC1)c1cccn(C2CCc3ccccc32)c1=O. The summed E-state index contributed by atoms with van der Waals surface area (Å²) in [5.41, 5.74) is 2.58. The summed E-state index contributed by atoms with van der Waals surface area (Å²) in [5, 5.41) is 3.06. The van der Waals surface area contributed by atoms with E-state index >= 15 is 0 Å². The van der Waals surface area contributed by atoms with E-state index in [0.29, 0.717) is 0 Å². The molecule has 2 aliphatic rings. The number of aromatic nitrogens is 1. The molecule has 0 spiro atoms. The van der Waals surface area contributed by atoms with Crippen LogP contribution in [0.15, 0.2) is 47.4 Å². The topological polar surface area (TPSA) is 51.1 Å². The number of pyridine rings is 1. The van der Waals surface area contributed by atoms with Gasteiger partial charge in [-0.1, -0.05) is 71.2 Å². The lowest BCUT2D eigenvalue weighted by Crippen LogP contribution is -2.40. The molecule has 1 aromatic heterocycles. The van der Waals surface area contributed by atoms with Crippen LogP contribution in [0.3, 0.4) is 0 Å². The monoisotopic (exact) mass is 396 g/mol. The smallest absolute Gasteiger partial charge is 0.263 e. The van der Waals surface area contributed by atoms with Crippen molar-refractivity contribution in [2.24, 2.45) is 0 Å². The van der Waals surface area contributed by atoms with Crippen LogP contribution in [-0.2, 0) is 6.42 Å². The van der Waals surface area contributed by atoms with Crippen LogP contribution in [0, 0.1) is 0 Å². The molecule has 0 radical (unpaired) electrons. The molecule has 1 unspecified atom stereocenters. The normalized spacial score (nSPS) is 17.9. The Balaban J connectivity index is 0.000000707. The lowest BCUT2D eigenvalue weighted by molar-refractivity contribution is 0.0925. The van der Waals surface area contributed by atoms with Gasteiger partial charge in [0.15, 0.2) is 0 Å². The van der Waals surface area contributed by atoms with Gasteiger partial charge in [-0.3, -0.25) is 9.59 Å². The molecule has 0 saturated heterocycles. The van der Waals surface area contributed by atoms with Gasteiger partial charge in [0.2, 0.25) is 0 Å². The van der Waals surface area contributed by atoms with E-state index in [2.05, 4.69) is 17.4 Å². The van der Waals surface area contributed by atoms with E-state index in [4.69, 9.17) is 0 Å². The summed E-state index contributed by atoms with van der Waals surface area (Å²) < 4.78 is 1.74. The van der Waals surface area contributed by atoms with E-state index in [1.54, 1.807) is 10.6 Å². The van der Waals surface area contributed by atoms with E-state index in [1.165, 1.54) is 17.5 Å². The molecule has 158 valence electrons. The van der Waals surface area contributed by atoms with E-state index in [9.17, 15) is 9.59 Å². The minimum Gasteiger partial charge on any atom is -0.349 e. The number of nitrogens with one attached hydrogen (secondary N) is 1. The maximum atomic E-state index is 13.0. The number of rotatable bonds is 3. The lowest BCUT2D eigenvalue weighted by Gasteiger charge is -2.23. The Kier molecular flexibility index (Phi) is 9.17. The first-order valence-corrected chi connectivity index (χ1v) is 11.3. The molecule has 1 amide bonds. The fraction of sp³-hybridized carbons (Fsp3) is 0.520. The highest BCUT2D eigenvalue weighted by molar-refractivity contribution is 5.94. The standard InChI is InChI=1S/C21H24N2O2.2C2H6/c24-20(22-16-8-2-1-3-9-16)18-11-6-14-23(21(18)25)19-13-12-15-7-4-5-10-17(15)19;2*1-2/h4-7,10-11,14,16,19H,1-3,8-9,12-13H2,(H,22,24);2*1-2H3. The van der Waals surface area contributed by atoms with Crippen molar-refractivity contribution in [3.63, 3.8) is 0 Å². The summed E-state index contributed by atoms with van der Waals surface area (Å²) in [4.78, 5) is 25.6. The first-order valence-electron chi connectivity index (χ1n) is 11.3. The van der Waals surface area contributed by atoms with Gasteiger partial charge in [0.05, 0.1) is 6.04 Å². The van der Waals surface area contributed by atoms with Crippen molar-refractivity contribution < 1.29 is 4.79 Å². The third-order valence-corrected chi connectivity index (χ3v) is 5.60. The molecular weight excluding hydrogens is 360 g/mol. The Labute approximate surface area is 175 Å². The van der Waals surface area contributed by atoms with Crippen LogP contribution in [0.5, 0.6) is 0 Å². The van der Waals surface area contributed by atoms with Gasteiger partial charge in [-0.25, -0.2) is 0 Å². The minimum absolute atomic E-state index is 0.0335. The van der Waals surface area contributed by atoms with Gasteiger partial charge in [0.25, 0.3) is 11.5 Å². The first kappa shape index (κ1) is 22.9. The van der Waals surface area contributed by atoms with Crippen molar-refractivity contribution >= 4 is 5.91 Å². The highest BCUT2D eigenvalue weighted by Gasteiger charge is 2.26. The molecule has 2 aliphatic carbocycles. The molecule has 4 nitrogen and oxygen atoms in total. The molecule has 1 fully saturated rings. The van der Waals surface area contributed by atoms with Crippen LogP contribution >= 0.6 is 0 Å². The van der Waals surface area contributed by atoms with Crippen molar-refractivity contribution in [2.75, 3.05) is 0 Å². The second-order valence-corrected chi connectivity index (χ2v) is 7.20. The molecule has 1 atom stereocenters. The summed E-state index contributed by atoms with van der Waals surface area (Å²) in [5.74, 6) is -0.225. The van der Waals surface area contributed by atoms with Crippen LogP contribution in [0.1, 0.15) is 93.7 Å².